The minimum Gasteiger partial charge on any atom is -0.398 e. The number of nitrogens with two attached hydrogens (primary N) is 1. The van der Waals surface area contributed by atoms with E-state index in [0.717, 1.165) is 25.9 Å². The molecule has 1 aromatic carbocycles. The molecule has 3 N–H and O–H groups in total. The molecule has 0 saturated carbocycles. The lowest BCUT2D eigenvalue weighted by atomic mass is 10.2. The van der Waals surface area contributed by atoms with Gasteiger partial charge in [0.1, 0.15) is 0 Å². The van der Waals surface area contributed by atoms with Gasteiger partial charge >= 0.3 is 0 Å². The molecule has 0 aliphatic heterocycles. The van der Waals surface area contributed by atoms with Gasteiger partial charge in [-0.2, -0.15) is 0 Å². The number of hydrogen-bond donors (Lipinski definition) is 2. The molecule has 0 aromatic heterocycles. The van der Waals surface area contributed by atoms with Gasteiger partial charge in [-0.1, -0.05) is 22.5 Å². The van der Waals surface area contributed by atoms with Crippen LogP contribution in [-0.2, 0) is 0 Å². The van der Waals surface area contributed by atoms with Gasteiger partial charge in [-0.05, 0) is 40.5 Å². The van der Waals surface area contributed by atoms with Crippen molar-refractivity contribution in [3.63, 3.8) is 0 Å². The van der Waals surface area contributed by atoms with Gasteiger partial charge in [0.05, 0.1) is 0 Å². The van der Waals surface area contributed by atoms with E-state index in [1.54, 1.807) is 0 Å². The van der Waals surface area contributed by atoms with Gasteiger partial charge in [0, 0.05) is 26.9 Å². The van der Waals surface area contributed by atoms with Crippen molar-refractivity contribution in [1.82, 2.24) is 0 Å². The molecular formula is C10H12Br2N2. The van der Waals surface area contributed by atoms with Crippen LogP contribution in [0.25, 0.3) is 0 Å². The van der Waals surface area contributed by atoms with E-state index < -0.39 is 0 Å². The Morgan fingerprint density at radius 3 is 2.79 bits per heavy atom. The van der Waals surface area contributed by atoms with Crippen LogP contribution in [0.2, 0.25) is 0 Å². The molecule has 0 fully saturated rings. The van der Waals surface area contributed by atoms with Crippen molar-refractivity contribution in [3.8, 4) is 0 Å². The maximum atomic E-state index is 5.76. The van der Waals surface area contributed by atoms with Crippen LogP contribution in [0.15, 0.2) is 27.7 Å². The van der Waals surface area contributed by atoms with Gasteiger partial charge in [-0.25, -0.2) is 0 Å². The minimum absolute atomic E-state index is 0.696. The Hall–Kier alpha value is -0.480. The first-order valence-corrected chi connectivity index (χ1v) is 5.72. The van der Waals surface area contributed by atoms with E-state index in [4.69, 9.17) is 5.73 Å². The molecule has 4 heteroatoms. The van der Waals surface area contributed by atoms with Crippen LogP contribution in [-0.4, -0.2) is 6.54 Å². The first-order valence-electron chi connectivity index (χ1n) is 4.13. The molecule has 0 unspecified atom stereocenters. The fraction of sp³-hybridized carbons (Fsp3) is 0.200. The number of rotatable bonds is 3. The summed E-state index contributed by atoms with van der Waals surface area (Å²) in [5.41, 5.74) is 8.64. The third kappa shape index (κ3) is 3.03. The summed E-state index contributed by atoms with van der Waals surface area (Å²) in [6.07, 6.45) is 0. The summed E-state index contributed by atoms with van der Waals surface area (Å²) in [6.45, 7) is 6.43. The highest BCUT2D eigenvalue weighted by Gasteiger charge is 2.02. The fourth-order valence-corrected chi connectivity index (χ4v) is 1.66. The van der Waals surface area contributed by atoms with E-state index in [1.807, 2.05) is 19.1 Å². The molecule has 1 rings (SSSR count). The zero-order valence-corrected chi connectivity index (χ0v) is 11.1. The zero-order chi connectivity index (χ0) is 10.7. The molecule has 2 nitrogen and oxygen atoms in total. The second-order valence-electron chi connectivity index (χ2n) is 3.06. The van der Waals surface area contributed by atoms with Gasteiger partial charge in [-0.3, -0.25) is 0 Å². The molecule has 0 bridgehead atoms. The predicted octanol–water partition coefficient (Wildman–Crippen LogP) is 3.66. The Balaban J connectivity index is 2.87. The highest BCUT2D eigenvalue weighted by Crippen LogP contribution is 2.27. The highest BCUT2D eigenvalue weighted by molar-refractivity contribution is 9.11. The van der Waals surface area contributed by atoms with Crippen LogP contribution in [0.4, 0.5) is 11.4 Å². The number of aryl methyl sites for hydroxylation is 1. The molecule has 0 aliphatic carbocycles. The van der Waals surface area contributed by atoms with Crippen LogP contribution < -0.4 is 11.1 Å². The van der Waals surface area contributed by atoms with Gasteiger partial charge in [0.15, 0.2) is 0 Å². The second-order valence-corrected chi connectivity index (χ2v) is 5.04. The Kier molecular flexibility index (Phi) is 4.01. The van der Waals surface area contributed by atoms with Crippen LogP contribution in [0.3, 0.4) is 0 Å². The smallest absolute Gasteiger partial charge is 0.0491 e. The van der Waals surface area contributed by atoms with E-state index in [0.29, 0.717) is 6.54 Å². The van der Waals surface area contributed by atoms with Crippen LogP contribution in [0.5, 0.6) is 0 Å². The Morgan fingerprint density at radius 1 is 1.57 bits per heavy atom. The molecule has 1 aromatic rings. The summed E-state index contributed by atoms with van der Waals surface area (Å²) in [6, 6.07) is 3.91. The minimum atomic E-state index is 0.696. The number of nitrogens with one attached hydrogen (secondary N) is 1. The largest absolute Gasteiger partial charge is 0.398 e. The van der Waals surface area contributed by atoms with Crippen molar-refractivity contribution in [2.45, 2.75) is 6.92 Å². The van der Waals surface area contributed by atoms with Crippen molar-refractivity contribution in [2.75, 3.05) is 17.6 Å². The van der Waals surface area contributed by atoms with E-state index in [-0.39, 0.29) is 0 Å². The van der Waals surface area contributed by atoms with Crippen molar-refractivity contribution in [2.24, 2.45) is 0 Å². The fourth-order valence-electron chi connectivity index (χ4n) is 1.02. The Bertz CT molecular complexity index is 361. The standard InChI is InChI=1S/C10H12Br2N2/c1-6-3-10(14-5-7(2)11)8(12)4-9(6)13/h3-4,14H,2,5,13H2,1H3. The Morgan fingerprint density at radius 2 is 2.21 bits per heavy atom. The van der Waals surface area contributed by atoms with E-state index >= 15 is 0 Å². The van der Waals surface area contributed by atoms with Crippen LogP contribution >= 0.6 is 31.9 Å². The second kappa shape index (κ2) is 4.84. The SMILES string of the molecule is C=C(Br)CNc1cc(C)c(N)cc1Br. The normalized spacial score (nSPS) is 9.93. The lowest BCUT2D eigenvalue weighted by Crippen LogP contribution is -2.02. The molecule has 0 saturated heterocycles. The zero-order valence-electron chi connectivity index (χ0n) is 7.90. The summed E-state index contributed by atoms with van der Waals surface area (Å²) in [5, 5.41) is 3.23. The average Bonchev–Trinajstić information content (AvgIpc) is 2.09. The number of nitrogen functional groups attached to an aromatic ring is 1. The van der Waals surface area contributed by atoms with Crippen molar-refractivity contribution in [3.05, 3.63) is 33.2 Å². The number of hydrogen-bond acceptors (Lipinski definition) is 2. The third-order valence-electron chi connectivity index (χ3n) is 1.83. The van der Waals surface area contributed by atoms with E-state index in [9.17, 15) is 0 Å². The quantitative estimate of drug-likeness (QED) is 0.834. The van der Waals surface area contributed by atoms with Crippen LogP contribution in [0.1, 0.15) is 5.56 Å². The molecule has 76 valence electrons. The van der Waals surface area contributed by atoms with Gasteiger partial charge in [-0.15, -0.1) is 0 Å². The number of anilines is 2. The summed E-state index contributed by atoms with van der Waals surface area (Å²) >= 11 is 6.74. The molecule has 0 heterocycles. The number of halogens is 2. The first kappa shape index (κ1) is 11.6. The lowest BCUT2D eigenvalue weighted by Gasteiger charge is -2.10. The summed E-state index contributed by atoms with van der Waals surface area (Å²) in [5.74, 6) is 0. The molecule has 0 atom stereocenters. The van der Waals surface area contributed by atoms with Crippen molar-refractivity contribution in [1.29, 1.82) is 0 Å². The van der Waals surface area contributed by atoms with Gasteiger partial charge < -0.3 is 11.1 Å². The monoisotopic (exact) mass is 318 g/mol. The lowest BCUT2D eigenvalue weighted by molar-refractivity contribution is 1.30. The highest BCUT2D eigenvalue weighted by atomic mass is 79.9. The van der Waals surface area contributed by atoms with Crippen molar-refractivity contribution >= 4 is 43.2 Å². The maximum Gasteiger partial charge on any atom is 0.0491 e. The summed E-state index contributed by atoms with van der Waals surface area (Å²) in [7, 11) is 0. The van der Waals surface area contributed by atoms with Gasteiger partial charge in [0.2, 0.25) is 0 Å². The van der Waals surface area contributed by atoms with Crippen LogP contribution in [0, 0.1) is 6.92 Å². The Labute approximate surface area is 101 Å². The topological polar surface area (TPSA) is 38.0 Å². The van der Waals surface area contributed by atoms with Gasteiger partial charge in [0.25, 0.3) is 0 Å². The van der Waals surface area contributed by atoms with E-state index in [2.05, 4.69) is 43.8 Å². The summed E-state index contributed by atoms with van der Waals surface area (Å²) in [4.78, 5) is 0. The first-order chi connectivity index (χ1) is 6.50. The molecule has 0 radical (unpaired) electrons. The third-order valence-corrected chi connectivity index (χ3v) is 2.76. The maximum absolute atomic E-state index is 5.76. The molecular weight excluding hydrogens is 308 g/mol. The molecule has 0 amide bonds. The summed E-state index contributed by atoms with van der Waals surface area (Å²) < 4.78 is 1.88. The van der Waals surface area contributed by atoms with Crippen molar-refractivity contribution < 1.29 is 0 Å². The molecule has 0 spiro atoms. The van der Waals surface area contributed by atoms with E-state index in [1.165, 1.54) is 0 Å². The molecule has 14 heavy (non-hydrogen) atoms. The predicted molar refractivity (Wildman–Crippen MR) is 69.8 cm³/mol. The number of benzene rings is 1. The molecule has 0 aliphatic rings. The average molecular weight is 320 g/mol.